The summed E-state index contributed by atoms with van der Waals surface area (Å²) in [5.74, 6) is 0.590. The van der Waals surface area contributed by atoms with Gasteiger partial charge in [0.25, 0.3) is 0 Å². The van der Waals surface area contributed by atoms with E-state index >= 15 is 0 Å². The lowest BCUT2D eigenvalue weighted by Gasteiger charge is -2.18. The maximum absolute atomic E-state index is 6.03. The molecule has 1 aromatic rings. The molecule has 0 fully saturated rings. The van der Waals surface area contributed by atoms with Gasteiger partial charge >= 0.3 is 0 Å². The normalized spacial score (nSPS) is 15.2. The molecule has 15 heavy (non-hydrogen) atoms. The van der Waals surface area contributed by atoms with E-state index in [1.807, 2.05) is 0 Å². The summed E-state index contributed by atoms with van der Waals surface area (Å²) in [6, 6.07) is 4.48. The number of halogens is 1. The molecule has 0 bridgehead atoms. The van der Waals surface area contributed by atoms with E-state index in [4.69, 9.17) is 5.73 Å². The zero-order valence-corrected chi connectivity index (χ0v) is 11.7. The van der Waals surface area contributed by atoms with Gasteiger partial charge in [-0.25, -0.2) is 0 Å². The van der Waals surface area contributed by atoms with Gasteiger partial charge in [-0.1, -0.05) is 20.3 Å². The fraction of sp³-hybridized carbons (Fsp3) is 0.636. The number of nitrogens with two attached hydrogens (primary N) is 1. The molecule has 0 radical (unpaired) electrons. The Kier molecular flexibility index (Phi) is 5.82. The Labute approximate surface area is 104 Å². The summed E-state index contributed by atoms with van der Waals surface area (Å²) in [6.45, 7) is 6.19. The Hall–Kier alpha value is 0.1000. The average molecular weight is 291 g/mol. The SMILES string of the molecule is CCC(C)C(N)CNCc1ccc(Br)s1. The van der Waals surface area contributed by atoms with Crippen LogP contribution in [0.5, 0.6) is 0 Å². The van der Waals surface area contributed by atoms with Crippen molar-refractivity contribution in [3.8, 4) is 0 Å². The Morgan fingerprint density at radius 2 is 2.27 bits per heavy atom. The van der Waals surface area contributed by atoms with Crippen LogP contribution in [0.25, 0.3) is 0 Å². The van der Waals surface area contributed by atoms with Crippen molar-refractivity contribution < 1.29 is 0 Å². The van der Waals surface area contributed by atoms with Crippen molar-refractivity contribution in [2.45, 2.75) is 32.9 Å². The van der Waals surface area contributed by atoms with Crippen molar-refractivity contribution in [1.82, 2.24) is 5.32 Å². The third-order valence-corrected chi connectivity index (χ3v) is 4.31. The lowest BCUT2D eigenvalue weighted by molar-refractivity contribution is 0.419. The van der Waals surface area contributed by atoms with Gasteiger partial charge in [0, 0.05) is 24.0 Å². The summed E-state index contributed by atoms with van der Waals surface area (Å²) in [5, 5.41) is 3.39. The highest BCUT2D eigenvalue weighted by molar-refractivity contribution is 9.11. The molecule has 0 saturated carbocycles. The van der Waals surface area contributed by atoms with Crippen LogP contribution >= 0.6 is 27.3 Å². The molecule has 2 atom stereocenters. The van der Waals surface area contributed by atoms with Crippen LogP contribution in [0.1, 0.15) is 25.1 Å². The first-order valence-electron chi connectivity index (χ1n) is 5.34. The molecule has 0 aromatic carbocycles. The third kappa shape index (κ3) is 4.64. The highest BCUT2D eigenvalue weighted by Crippen LogP contribution is 2.21. The summed E-state index contributed by atoms with van der Waals surface area (Å²) >= 11 is 5.22. The Balaban J connectivity index is 2.21. The monoisotopic (exact) mass is 290 g/mol. The second-order valence-corrected chi connectivity index (χ2v) is 6.43. The van der Waals surface area contributed by atoms with E-state index in [-0.39, 0.29) is 6.04 Å². The van der Waals surface area contributed by atoms with E-state index in [1.165, 1.54) is 8.66 Å². The van der Waals surface area contributed by atoms with E-state index in [0.29, 0.717) is 5.92 Å². The molecule has 0 spiro atoms. The fourth-order valence-corrected chi connectivity index (χ4v) is 2.77. The minimum Gasteiger partial charge on any atom is -0.326 e. The molecule has 3 N–H and O–H groups in total. The molecular weight excluding hydrogens is 272 g/mol. The first-order chi connectivity index (χ1) is 7.13. The Bertz CT molecular complexity index is 288. The van der Waals surface area contributed by atoms with Gasteiger partial charge in [-0.05, 0) is 34.0 Å². The highest BCUT2D eigenvalue weighted by atomic mass is 79.9. The zero-order chi connectivity index (χ0) is 11.3. The predicted octanol–water partition coefficient (Wildman–Crippen LogP) is 2.97. The van der Waals surface area contributed by atoms with Gasteiger partial charge in [-0.3, -0.25) is 0 Å². The molecular formula is C11H19BrN2S. The molecule has 0 aliphatic carbocycles. The van der Waals surface area contributed by atoms with Crippen molar-refractivity contribution in [1.29, 1.82) is 0 Å². The summed E-state index contributed by atoms with van der Waals surface area (Å²) in [4.78, 5) is 1.35. The van der Waals surface area contributed by atoms with E-state index in [9.17, 15) is 0 Å². The summed E-state index contributed by atoms with van der Waals surface area (Å²) in [7, 11) is 0. The molecule has 1 aromatic heterocycles. The highest BCUT2D eigenvalue weighted by Gasteiger charge is 2.09. The molecule has 0 aliphatic rings. The number of hydrogen-bond acceptors (Lipinski definition) is 3. The lowest BCUT2D eigenvalue weighted by Crippen LogP contribution is -2.38. The van der Waals surface area contributed by atoms with E-state index in [2.05, 4.69) is 47.2 Å². The minimum atomic E-state index is 0.262. The molecule has 86 valence electrons. The van der Waals surface area contributed by atoms with Crippen LogP contribution in [0.3, 0.4) is 0 Å². The van der Waals surface area contributed by atoms with Crippen molar-refractivity contribution in [3.63, 3.8) is 0 Å². The van der Waals surface area contributed by atoms with Crippen LogP contribution in [-0.4, -0.2) is 12.6 Å². The molecule has 2 nitrogen and oxygen atoms in total. The summed E-state index contributed by atoms with van der Waals surface area (Å²) in [5.41, 5.74) is 6.03. The van der Waals surface area contributed by atoms with Gasteiger partial charge in [0.2, 0.25) is 0 Å². The van der Waals surface area contributed by atoms with Gasteiger partial charge < -0.3 is 11.1 Å². The molecule has 1 rings (SSSR count). The van der Waals surface area contributed by atoms with Gasteiger partial charge in [0.15, 0.2) is 0 Å². The Morgan fingerprint density at radius 3 is 2.80 bits per heavy atom. The number of nitrogens with one attached hydrogen (secondary N) is 1. The molecule has 0 aliphatic heterocycles. The lowest BCUT2D eigenvalue weighted by atomic mass is 10.0. The number of rotatable bonds is 6. The first-order valence-corrected chi connectivity index (χ1v) is 6.95. The smallest absolute Gasteiger partial charge is 0.0701 e. The molecule has 1 heterocycles. The third-order valence-electron chi connectivity index (χ3n) is 2.68. The molecule has 0 amide bonds. The van der Waals surface area contributed by atoms with Gasteiger partial charge in [-0.15, -0.1) is 11.3 Å². The minimum absolute atomic E-state index is 0.262. The summed E-state index contributed by atoms with van der Waals surface area (Å²) < 4.78 is 1.19. The number of hydrogen-bond donors (Lipinski definition) is 2. The first kappa shape index (κ1) is 13.2. The maximum atomic E-state index is 6.03. The van der Waals surface area contributed by atoms with Crippen LogP contribution in [0, 0.1) is 5.92 Å². The van der Waals surface area contributed by atoms with Gasteiger partial charge in [-0.2, -0.15) is 0 Å². The zero-order valence-electron chi connectivity index (χ0n) is 9.29. The Morgan fingerprint density at radius 1 is 1.53 bits per heavy atom. The second-order valence-electron chi connectivity index (χ2n) is 3.89. The number of thiophene rings is 1. The molecule has 0 saturated heterocycles. The van der Waals surface area contributed by atoms with Crippen molar-refractivity contribution in [2.24, 2.45) is 11.7 Å². The second kappa shape index (κ2) is 6.63. The van der Waals surface area contributed by atoms with Crippen LogP contribution in [0.15, 0.2) is 15.9 Å². The summed E-state index contributed by atoms with van der Waals surface area (Å²) in [6.07, 6.45) is 1.15. The average Bonchev–Trinajstić information content (AvgIpc) is 2.63. The van der Waals surface area contributed by atoms with E-state index in [0.717, 1.165) is 19.5 Å². The fourth-order valence-electron chi connectivity index (χ4n) is 1.31. The largest absolute Gasteiger partial charge is 0.326 e. The molecule has 4 heteroatoms. The molecule has 2 unspecified atom stereocenters. The van der Waals surface area contributed by atoms with Crippen molar-refractivity contribution in [2.75, 3.05) is 6.54 Å². The van der Waals surface area contributed by atoms with Gasteiger partial charge in [0.1, 0.15) is 0 Å². The van der Waals surface area contributed by atoms with Crippen LogP contribution < -0.4 is 11.1 Å². The topological polar surface area (TPSA) is 38.0 Å². The van der Waals surface area contributed by atoms with Gasteiger partial charge in [0.05, 0.1) is 3.79 Å². The van der Waals surface area contributed by atoms with Crippen molar-refractivity contribution in [3.05, 3.63) is 20.8 Å². The maximum Gasteiger partial charge on any atom is 0.0701 e. The quantitative estimate of drug-likeness (QED) is 0.845. The van der Waals surface area contributed by atoms with E-state index < -0.39 is 0 Å². The van der Waals surface area contributed by atoms with Crippen LogP contribution in [0.2, 0.25) is 0 Å². The predicted molar refractivity (Wildman–Crippen MR) is 71.2 cm³/mol. The van der Waals surface area contributed by atoms with Crippen LogP contribution in [0.4, 0.5) is 0 Å². The van der Waals surface area contributed by atoms with Crippen molar-refractivity contribution >= 4 is 27.3 Å². The van der Waals surface area contributed by atoms with Crippen LogP contribution in [-0.2, 0) is 6.54 Å². The standard InChI is InChI=1S/C11H19BrN2S/c1-3-8(2)10(13)7-14-6-9-4-5-11(12)15-9/h4-5,8,10,14H,3,6-7,13H2,1-2H3. The van der Waals surface area contributed by atoms with E-state index in [1.54, 1.807) is 11.3 Å².